The summed E-state index contributed by atoms with van der Waals surface area (Å²) in [5, 5.41) is 0. The van der Waals surface area contributed by atoms with Crippen LogP contribution >= 0.6 is 23.5 Å². The molecule has 0 aliphatic rings. The molecule has 15 heavy (non-hydrogen) atoms. The SMILES string of the molecule is CC(=O)CCSC(C)(C)SCCC(C)=O. The fraction of sp³-hybridized carbons (Fsp3) is 0.818. The average molecular weight is 248 g/mol. The number of thioether (sulfide) groups is 2. The number of hydrogen-bond donors (Lipinski definition) is 0. The second kappa shape index (κ2) is 7.34. The second-order valence-electron chi connectivity index (χ2n) is 4.00. The highest BCUT2D eigenvalue weighted by Crippen LogP contribution is 2.36. The molecular formula is C11H20O2S2. The van der Waals surface area contributed by atoms with Gasteiger partial charge in [0.2, 0.25) is 0 Å². The van der Waals surface area contributed by atoms with Gasteiger partial charge in [0, 0.05) is 24.3 Å². The van der Waals surface area contributed by atoms with Crippen LogP contribution in [0.25, 0.3) is 0 Å². The largest absolute Gasteiger partial charge is 0.300 e. The molecule has 0 atom stereocenters. The van der Waals surface area contributed by atoms with Gasteiger partial charge < -0.3 is 0 Å². The molecule has 0 rings (SSSR count). The van der Waals surface area contributed by atoms with Crippen LogP contribution in [0.2, 0.25) is 0 Å². The maximum Gasteiger partial charge on any atom is 0.130 e. The zero-order valence-corrected chi connectivity index (χ0v) is 11.6. The highest BCUT2D eigenvalue weighted by molar-refractivity contribution is 8.18. The van der Waals surface area contributed by atoms with Crippen LogP contribution in [0.5, 0.6) is 0 Å². The second-order valence-corrected chi connectivity index (χ2v) is 7.69. The Morgan fingerprint density at radius 3 is 1.53 bits per heavy atom. The van der Waals surface area contributed by atoms with E-state index in [2.05, 4.69) is 13.8 Å². The Hall–Kier alpha value is 0.0400. The predicted molar refractivity (Wildman–Crippen MR) is 69.6 cm³/mol. The van der Waals surface area contributed by atoms with Gasteiger partial charge in [-0.3, -0.25) is 9.59 Å². The molecule has 0 amide bonds. The van der Waals surface area contributed by atoms with Crippen LogP contribution in [0.4, 0.5) is 0 Å². The van der Waals surface area contributed by atoms with Gasteiger partial charge in [0.25, 0.3) is 0 Å². The van der Waals surface area contributed by atoms with Gasteiger partial charge in [-0.25, -0.2) is 0 Å². The molecule has 0 saturated heterocycles. The fourth-order valence-corrected chi connectivity index (χ4v) is 3.52. The summed E-state index contributed by atoms with van der Waals surface area (Å²) < 4.78 is 0.102. The van der Waals surface area contributed by atoms with Gasteiger partial charge in [-0.15, -0.1) is 23.5 Å². The maximum absolute atomic E-state index is 10.8. The molecule has 0 bridgehead atoms. The first kappa shape index (κ1) is 15.0. The van der Waals surface area contributed by atoms with E-state index in [1.54, 1.807) is 37.4 Å². The van der Waals surface area contributed by atoms with Gasteiger partial charge >= 0.3 is 0 Å². The lowest BCUT2D eigenvalue weighted by Crippen LogP contribution is -2.12. The molecule has 0 spiro atoms. The topological polar surface area (TPSA) is 34.1 Å². The van der Waals surface area contributed by atoms with Gasteiger partial charge in [-0.2, -0.15) is 0 Å². The van der Waals surface area contributed by atoms with Crippen molar-refractivity contribution in [1.82, 2.24) is 0 Å². The Labute approximate surface area is 101 Å². The summed E-state index contributed by atoms with van der Waals surface area (Å²) in [6.07, 6.45) is 1.28. The molecule has 88 valence electrons. The monoisotopic (exact) mass is 248 g/mol. The summed E-state index contributed by atoms with van der Waals surface area (Å²) in [4.78, 5) is 21.5. The molecule has 0 aromatic carbocycles. The lowest BCUT2D eigenvalue weighted by molar-refractivity contribution is -0.117. The van der Waals surface area contributed by atoms with Crippen LogP contribution < -0.4 is 0 Å². The van der Waals surface area contributed by atoms with Crippen molar-refractivity contribution >= 4 is 35.1 Å². The Morgan fingerprint density at radius 2 is 1.27 bits per heavy atom. The highest BCUT2D eigenvalue weighted by atomic mass is 32.2. The number of Topliss-reactive ketones (excluding diaryl/α,β-unsaturated/α-hetero) is 2. The molecule has 0 aliphatic carbocycles. The van der Waals surface area contributed by atoms with E-state index in [-0.39, 0.29) is 15.6 Å². The van der Waals surface area contributed by atoms with Gasteiger partial charge in [-0.05, 0) is 27.7 Å². The van der Waals surface area contributed by atoms with Gasteiger partial charge in [-0.1, -0.05) is 0 Å². The number of ketones is 2. The molecule has 2 nitrogen and oxygen atoms in total. The van der Waals surface area contributed by atoms with Gasteiger partial charge in [0.15, 0.2) is 0 Å². The smallest absolute Gasteiger partial charge is 0.130 e. The first-order valence-corrected chi connectivity index (χ1v) is 7.07. The fourth-order valence-electron chi connectivity index (χ4n) is 0.923. The Kier molecular flexibility index (Phi) is 7.36. The normalized spacial score (nSPS) is 11.5. The highest BCUT2D eigenvalue weighted by Gasteiger charge is 2.18. The summed E-state index contributed by atoms with van der Waals surface area (Å²) in [5.41, 5.74) is 0. The van der Waals surface area contributed by atoms with Crippen molar-refractivity contribution in [1.29, 1.82) is 0 Å². The van der Waals surface area contributed by atoms with E-state index in [4.69, 9.17) is 0 Å². The summed E-state index contributed by atoms with van der Waals surface area (Å²) >= 11 is 3.58. The van der Waals surface area contributed by atoms with Gasteiger partial charge in [0.05, 0.1) is 4.08 Å². The van der Waals surface area contributed by atoms with E-state index in [1.807, 2.05) is 0 Å². The lowest BCUT2D eigenvalue weighted by atomic mass is 10.4. The third-order valence-corrected chi connectivity index (χ3v) is 4.72. The zero-order valence-electron chi connectivity index (χ0n) is 9.96. The molecule has 4 heteroatoms. The minimum Gasteiger partial charge on any atom is -0.300 e. The summed E-state index contributed by atoms with van der Waals surface area (Å²) in [6.45, 7) is 7.53. The molecule has 0 radical (unpaired) electrons. The Bertz CT molecular complexity index is 203. The molecule has 0 N–H and O–H groups in total. The number of hydrogen-bond acceptors (Lipinski definition) is 4. The quantitative estimate of drug-likeness (QED) is 0.618. The Morgan fingerprint density at radius 1 is 0.933 bits per heavy atom. The summed E-state index contributed by atoms with van der Waals surface area (Å²) in [6, 6.07) is 0. The Balaban J connectivity index is 3.66. The predicted octanol–water partition coefficient (Wildman–Crippen LogP) is 3.15. The van der Waals surface area contributed by atoms with Crippen molar-refractivity contribution in [2.75, 3.05) is 11.5 Å². The van der Waals surface area contributed by atoms with Crippen molar-refractivity contribution in [3.8, 4) is 0 Å². The van der Waals surface area contributed by atoms with Crippen LogP contribution in [0.1, 0.15) is 40.5 Å². The third kappa shape index (κ3) is 10.3. The molecular weight excluding hydrogens is 228 g/mol. The molecule has 0 aliphatic heterocycles. The van der Waals surface area contributed by atoms with Crippen molar-refractivity contribution in [3.63, 3.8) is 0 Å². The first-order valence-electron chi connectivity index (χ1n) is 5.10. The first-order chi connectivity index (χ1) is 6.83. The molecule has 0 aromatic rings. The van der Waals surface area contributed by atoms with Crippen LogP contribution in [0, 0.1) is 0 Å². The van der Waals surface area contributed by atoms with E-state index in [0.717, 1.165) is 11.5 Å². The van der Waals surface area contributed by atoms with Crippen molar-refractivity contribution in [3.05, 3.63) is 0 Å². The molecule has 0 heterocycles. The minimum absolute atomic E-state index is 0.102. The van der Waals surface area contributed by atoms with Crippen LogP contribution in [0.15, 0.2) is 0 Å². The van der Waals surface area contributed by atoms with E-state index in [0.29, 0.717) is 12.8 Å². The van der Waals surface area contributed by atoms with Crippen molar-refractivity contribution in [2.24, 2.45) is 0 Å². The third-order valence-electron chi connectivity index (χ3n) is 1.81. The summed E-state index contributed by atoms with van der Waals surface area (Å²) in [5.74, 6) is 2.23. The number of carbonyl (C=O) groups is 2. The van der Waals surface area contributed by atoms with Crippen molar-refractivity contribution in [2.45, 2.75) is 44.6 Å². The molecule has 0 saturated carbocycles. The van der Waals surface area contributed by atoms with Gasteiger partial charge in [0.1, 0.15) is 11.6 Å². The van der Waals surface area contributed by atoms with E-state index < -0.39 is 0 Å². The average Bonchev–Trinajstić information content (AvgIpc) is 2.01. The van der Waals surface area contributed by atoms with E-state index in [1.165, 1.54) is 0 Å². The molecule has 0 unspecified atom stereocenters. The standard InChI is InChI=1S/C11H20O2S2/c1-9(12)5-7-14-11(3,4)15-8-6-10(2)13/h5-8H2,1-4H3. The number of carbonyl (C=O) groups excluding carboxylic acids is 2. The summed E-state index contributed by atoms with van der Waals surface area (Å²) in [7, 11) is 0. The maximum atomic E-state index is 10.8. The van der Waals surface area contributed by atoms with Crippen molar-refractivity contribution < 1.29 is 9.59 Å². The molecule has 0 fully saturated rings. The zero-order chi connectivity index (χ0) is 11.9. The van der Waals surface area contributed by atoms with E-state index in [9.17, 15) is 9.59 Å². The lowest BCUT2D eigenvalue weighted by Gasteiger charge is -2.23. The van der Waals surface area contributed by atoms with Crippen LogP contribution in [-0.2, 0) is 9.59 Å². The van der Waals surface area contributed by atoms with E-state index >= 15 is 0 Å². The minimum atomic E-state index is 0.102. The van der Waals surface area contributed by atoms with Crippen LogP contribution in [0.3, 0.4) is 0 Å². The molecule has 0 aromatic heterocycles. The van der Waals surface area contributed by atoms with Crippen LogP contribution in [-0.4, -0.2) is 27.2 Å². The number of rotatable bonds is 8.